The minimum Gasteiger partial charge on any atom is -0.339 e. The van der Waals surface area contributed by atoms with Crippen molar-refractivity contribution in [1.82, 2.24) is 4.90 Å². The van der Waals surface area contributed by atoms with E-state index in [4.69, 9.17) is 0 Å². The second kappa shape index (κ2) is 6.26. The number of anilines is 1. The first-order valence-corrected chi connectivity index (χ1v) is 8.57. The van der Waals surface area contributed by atoms with E-state index in [9.17, 15) is 13.2 Å². The summed E-state index contributed by atoms with van der Waals surface area (Å²) in [6.07, 6.45) is 3.16. The fraction of sp³-hybridized carbons (Fsp3) is 0.500. The highest BCUT2D eigenvalue weighted by Crippen LogP contribution is 2.21. The van der Waals surface area contributed by atoms with Crippen LogP contribution >= 0.6 is 0 Å². The van der Waals surface area contributed by atoms with E-state index in [1.54, 1.807) is 36.1 Å². The smallest absolute Gasteiger partial charge is 0.255 e. The standard InChI is InChI=1S/C14H20N2O3S/c1-2-20(18,19)15-13-9-5-4-8-12(13)14(17)16-10-6-3-7-11-16/h4-5,8-9,15H,2-3,6-7,10-11H2,1H3. The molecule has 0 aliphatic carbocycles. The van der Waals surface area contributed by atoms with Crippen molar-refractivity contribution in [1.29, 1.82) is 0 Å². The number of carbonyl (C=O) groups excluding carboxylic acids is 1. The van der Waals surface area contributed by atoms with Gasteiger partial charge < -0.3 is 4.90 Å². The number of rotatable bonds is 4. The SMILES string of the molecule is CCS(=O)(=O)Nc1ccccc1C(=O)N1CCCCC1. The number of amides is 1. The summed E-state index contributed by atoms with van der Waals surface area (Å²) in [6, 6.07) is 6.77. The Labute approximate surface area is 120 Å². The Kier molecular flexibility index (Phi) is 4.65. The van der Waals surface area contributed by atoms with Crippen LogP contribution in [0.3, 0.4) is 0 Å². The maximum Gasteiger partial charge on any atom is 0.255 e. The molecule has 5 nitrogen and oxygen atoms in total. The van der Waals surface area contributed by atoms with Gasteiger partial charge in [-0.3, -0.25) is 9.52 Å². The van der Waals surface area contributed by atoms with E-state index in [0.29, 0.717) is 11.3 Å². The third-order valence-electron chi connectivity index (χ3n) is 3.45. The minimum atomic E-state index is -3.38. The van der Waals surface area contributed by atoms with Gasteiger partial charge in [0, 0.05) is 13.1 Å². The highest BCUT2D eigenvalue weighted by atomic mass is 32.2. The first-order valence-electron chi connectivity index (χ1n) is 6.92. The number of piperidine rings is 1. The number of para-hydroxylation sites is 1. The van der Waals surface area contributed by atoms with Crippen molar-refractivity contribution < 1.29 is 13.2 Å². The molecule has 1 aliphatic rings. The Morgan fingerprint density at radius 2 is 1.85 bits per heavy atom. The zero-order chi connectivity index (χ0) is 14.6. The number of benzene rings is 1. The lowest BCUT2D eigenvalue weighted by Crippen LogP contribution is -2.36. The molecule has 1 saturated heterocycles. The van der Waals surface area contributed by atoms with E-state index in [1.165, 1.54) is 0 Å². The molecule has 1 aromatic rings. The van der Waals surface area contributed by atoms with Gasteiger partial charge in [0.05, 0.1) is 17.0 Å². The van der Waals surface area contributed by atoms with Gasteiger partial charge in [0.25, 0.3) is 5.91 Å². The van der Waals surface area contributed by atoms with Crippen LogP contribution in [0.25, 0.3) is 0 Å². The summed E-state index contributed by atoms with van der Waals surface area (Å²) in [5.41, 5.74) is 0.788. The molecule has 1 N–H and O–H groups in total. The van der Waals surface area contributed by atoms with Crippen molar-refractivity contribution in [2.75, 3.05) is 23.6 Å². The van der Waals surface area contributed by atoms with Crippen molar-refractivity contribution in [3.05, 3.63) is 29.8 Å². The summed E-state index contributed by atoms with van der Waals surface area (Å²) >= 11 is 0. The Bertz CT molecular complexity index is 578. The zero-order valence-electron chi connectivity index (χ0n) is 11.6. The molecule has 0 radical (unpaired) electrons. The maximum absolute atomic E-state index is 12.5. The summed E-state index contributed by atoms with van der Waals surface area (Å²) in [4.78, 5) is 14.3. The summed E-state index contributed by atoms with van der Waals surface area (Å²) in [6.45, 7) is 3.05. The van der Waals surface area contributed by atoms with Crippen molar-refractivity contribution in [3.63, 3.8) is 0 Å². The predicted molar refractivity (Wildman–Crippen MR) is 79.3 cm³/mol. The number of likely N-dealkylation sites (tertiary alicyclic amines) is 1. The molecule has 0 bridgehead atoms. The average molecular weight is 296 g/mol. The van der Waals surface area contributed by atoms with Gasteiger partial charge >= 0.3 is 0 Å². The molecule has 0 spiro atoms. The van der Waals surface area contributed by atoms with E-state index in [1.807, 2.05) is 0 Å². The van der Waals surface area contributed by atoms with Gasteiger partial charge in [-0.2, -0.15) is 0 Å². The predicted octanol–water partition coefficient (Wildman–Crippen LogP) is 2.07. The van der Waals surface area contributed by atoms with Crippen LogP contribution < -0.4 is 4.72 Å². The van der Waals surface area contributed by atoms with E-state index in [2.05, 4.69) is 4.72 Å². The first kappa shape index (κ1) is 14.8. The first-order chi connectivity index (χ1) is 9.53. The van der Waals surface area contributed by atoms with Crippen LogP contribution in [0.15, 0.2) is 24.3 Å². The number of hydrogen-bond acceptors (Lipinski definition) is 3. The lowest BCUT2D eigenvalue weighted by atomic mass is 10.1. The van der Waals surface area contributed by atoms with Gasteiger partial charge in [-0.15, -0.1) is 0 Å². The summed E-state index contributed by atoms with van der Waals surface area (Å²) in [5.74, 6) is -0.113. The fourth-order valence-corrected chi connectivity index (χ4v) is 2.92. The van der Waals surface area contributed by atoms with Crippen molar-refractivity contribution in [3.8, 4) is 0 Å². The molecule has 2 rings (SSSR count). The third-order valence-corrected chi connectivity index (χ3v) is 4.74. The van der Waals surface area contributed by atoms with Crippen LogP contribution in [0.4, 0.5) is 5.69 Å². The largest absolute Gasteiger partial charge is 0.339 e. The van der Waals surface area contributed by atoms with E-state index in [-0.39, 0.29) is 11.7 Å². The lowest BCUT2D eigenvalue weighted by molar-refractivity contribution is 0.0725. The summed E-state index contributed by atoms with van der Waals surface area (Å²) in [5, 5.41) is 0. The monoisotopic (exact) mass is 296 g/mol. The minimum absolute atomic E-state index is 0.0146. The summed E-state index contributed by atoms with van der Waals surface area (Å²) in [7, 11) is -3.38. The van der Waals surface area contributed by atoms with Crippen LogP contribution in [-0.4, -0.2) is 38.1 Å². The Hall–Kier alpha value is -1.56. The number of hydrogen-bond donors (Lipinski definition) is 1. The molecule has 6 heteroatoms. The average Bonchev–Trinajstić information content (AvgIpc) is 2.48. The van der Waals surface area contributed by atoms with Gasteiger partial charge in [0.15, 0.2) is 0 Å². The van der Waals surface area contributed by atoms with Gasteiger partial charge in [0.2, 0.25) is 10.0 Å². The fourth-order valence-electron chi connectivity index (χ4n) is 2.27. The summed E-state index contributed by atoms with van der Waals surface area (Å²) < 4.78 is 25.8. The number of carbonyl (C=O) groups is 1. The van der Waals surface area contributed by atoms with E-state index < -0.39 is 10.0 Å². The van der Waals surface area contributed by atoms with Gasteiger partial charge in [0.1, 0.15) is 0 Å². The normalized spacial score (nSPS) is 15.9. The molecular weight excluding hydrogens is 276 g/mol. The van der Waals surface area contributed by atoms with Gasteiger partial charge in [-0.1, -0.05) is 12.1 Å². The topological polar surface area (TPSA) is 66.5 Å². The highest BCUT2D eigenvalue weighted by Gasteiger charge is 2.21. The number of sulfonamides is 1. The molecule has 1 heterocycles. The second-order valence-corrected chi connectivity index (χ2v) is 6.91. The van der Waals surface area contributed by atoms with Crippen molar-refractivity contribution >= 4 is 21.6 Å². The molecule has 0 atom stereocenters. The Morgan fingerprint density at radius 3 is 2.50 bits per heavy atom. The third kappa shape index (κ3) is 3.50. The van der Waals surface area contributed by atoms with Crippen LogP contribution in [0.5, 0.6) is 0 Å². The zero-order valence-corrected chi connectivity index (χ0v) is 12.4. The molecule has 1 aliphatic heterocycles. The maximum atomic E-state index is 12.5. The van der Waals surface area contributed by atoms with Crippen LogP contribution in [0, 0.1) is 0 Å². The molecule has 0 unspecified atom stereocenters. The van der Waals surface area contributed by atoms with Gasteiger partial charge in [-0.25, -0.2) is 8.42 Å². The molecule has 1 amide bonds. The van der Waals surface area contributed by atoms with Crippen LogP contribution in [0.2, 0.25) is 0 Å². The van der Waals surface area contributed by atoms with Crippen LogP contribution in [0.1, 0.15) is 36.5 Å². The highest BCUT2D eigenvalue weighted by molar-refractivity contribution is 7.92. The quantitative estimate of drug-likeness (QED) is 0.925. The number of nitrogens with one attached hydrogen (secondary N) is 1. The molecule has 0 aromatic heterocycles. The van der Waals surface area contributed by atoms with Crippen molar-refractivity contribution in [2.24, 2.45) is 0 Å². The molecule has 0 saturated carbocycles. The van der Waals surface area contributed by atoms with E-state index in [0.717, 1.165) is 32.4 Å². The molecule has 1 aromatic carbocycles. The molecular formula is C14H20N2O3S. The van der Waals surface area contributed by atoms with Crippen molar-refractivity contribution in [2.45, 2.75) is 26.2 Å². The number of nitrogens with zero attached hydrogens (tertiary/aromatic N) is 1. The Balaban J connectivity index is 2.25. The Morgan fingerprint density at radius 1 is 1.20 bits per heavy atom. The van der Waals surface area contributed by atoms with E-state index >= 15 is 0 Å². The van der Waals surface area contributed by atoms with Crippen LogP contribution in [-0.2, 0) is 10.0 Å². The molecule has 1 fully saturated rings. The van der Waals surface area contributed by atoms with Gasteiger partial charge in [-0.05, 0) is 38.3 Å². The molecule has 20 heavy (non-hydrogen) atoms. The second-order valence-electron chi connectivity index (χ2n) is 4.90. The molecule has 110 valence electrons. The lowest BCUT2D eigenvalue weighted by Gasteiger charge is -2.27.